The van der Waals surface area contributed by atoms with Crippen molar-refractivity contribution in [1.82, 2.24) is 0 Å². The summed E-state index contributed by atoms with van der Waals surface area (Å²) in [6, 6.07) is 24.5. The Balaban J connectivity index is 0.000000738. The van der Waals surface area contributed by atoms with Gasteiger partial charge < -0.3 is 14.8 Å². The molecule has 0 saturated carbocycles. The van der Waals surface area contributed by atoms with E-state index in [1.807, 2.05) is 57.4 Å². The van der Waals surface area contributed by atoms with Gasteiger partial charge in [-0.15, -0.1) is 0 Å². The number of hydrogen-bond acceptors (Lipinski definition) is 4. The van der Waals surface area contributed by atoms with Gasteiger partial charge in [-0.2, -0.15) is 13.2 Å². The van der Waals surface area contributed by atoms with Gasteiger partial charge in [-0.1, -0.05) is 102 Å². The maximum absolute atomic E-state index is 10.5. The summed E-state index contributed by atoms with van der Waals surface area (Å²) in [6.45, 7) is 2.81. The molecule has 4 rings (SSSR count). The SMILES string of the molecule is CCN=C1C=CC(=C(C=CC=CC=C(c2ccc(Cl)cc2)c2ccc(N(C)C)cc2)c2ccc(Cl)cc2)C=C1.O=C([O-])C(F)(F)F. The molecule has 238 valence electrons. The average molecular weight is 665 g/mol. The largest absolute Gasteiger partial charge is 0.542 e. The lowest BCUT2D eigenvalue weighted by atomic mass is 9.95. The number of alkyl halides is 3. The second kappa shape index (κ2) is 17.2. The van der Waals surface area contributed by atoms with Crippen LogP contribution in [0.25, 0.3) is 11.1 Å². The standard InChI is InChI=1S/C35H32Cl2N2.C2HF3O2/c1-4-38-32-22-14-28(15-23-32)34(26-10-18-30(36)19-11-26)8-6-5-7-9-35(27-12-20-31(37)21-13-27)29-16-24-33(25-17-29)39(2)3;3-2(4,5)1(6)7/h5-25H,4H2,1-3H3;(H,6,7)/p-1. The number of carboxylic acid groups (broad SMARTS) is 1. The summed E-state index contributed by atoms with van der Waals surface area (Å²) in [4.78, 5) is 15.4. The highest BCUT2D eigenvalue weighted by atomic mass is 35.5. The van der Waals surface area contributed by atoms with Gasteiger partial charge in [0.1, 0.15) is 5.97 Å². The number of halogens is 5. The van der Waals surface area contributed by atoms with E-state index in [9.17, 15) is 13.2 Å². The van der Waals surface area contributed by atoms with Crippen LogP contribution in [0.4, 0.5) is 18.9 Å². The first-order valence-electron chi connectivity index (χ1n) is 14.2. The quantitative estimate of drug-likeness (QED) is 0.226. The summed E-state index contributed by atoms with van der Waals surface area (Å²) in [5.41, 5.74) is 8.85. The van der Waals surface area contributed by atoms with Crippen LogP contribution in [-0.4, -0.2) is 38.5 Å². The Morgan fingerprint density at radius 3 is 1.72 bits per heavy atom. The number of carboxylic acids is 1. The summed E-state index contributed by atoms with van der Waals surface area (Å²) < 4.78 is 31.5. The van der Waals surface area contributed by atoms with Crippen molar-refractivity contribution in [3.63, 3.8) is 0 Å². The van der Waals surface area contributed by atoms with E-state index in [1.165, 1.54) is 0 Å². The second-order valence-corrected chi connectivity index (χ2v) is 10.9. The van der Waals surface area contributed by atoms with Crippen LogP contribution in [0.5, 0.6) is 0 Å². The lowest BCUT2D eigenvalue weighted by Crippen LogP contribution is -2.37. The van der Waals surface area contributed by atoms with Crippen LogP contribution in [0.2, 0.25) is 10.0 Å². The molecule has 0 aliphatic heterocycles. The number of rotatable bonds is 8. The highest BCUT2D eigenvalue weighted by Gasteiger charge is 2.28. The fourth-order valence-electron chi connectivity index (χ4n) is 4.21. The van der Waals surface area contributed by atoms with E-state index >= 15 is 0 Å². The molecule has 1 aliphatic rings. The number of carbonyl (C=O) groups excluding carboxylic acids is 1. The summed E-state index contributed by atoms with van der Waals surface area (Å²) >= 11 is 12.3. The zero-order valence-electron chi connectivity index (χ0n) is 25.4. The molecule has 0 amide bonds. The Bertz CT molecular complexity index is 1680. The zero-order chi connectivity index (χ0) is 33.7. The summed E-state index contributed by atoms with van der Waals surface area (Å²) in [5, 5.41) is 10.2. The minimum absolute atomic E-state index is 0.720. The highest BCUT2D eigenvalue weighted by Crippen LogP contribution is 2.28. The van der Waals surface area contributed by atoms with Crippen molar-refractivity contribution in [3.05, 3.63) is 160 Å². The number of allylic oxidation sites excluding steroid dienone is 11. The fourth-order valence-corrected chi connectivity index (χ4v) is 4.46. The van der Waals surface area contributed by atoms with Gasteiger partial charge in [0, 0.05) is 36.4 Å². The van der Waals surface area contributed by atoms with E-state index in [4.69, 9.17) is 33.1 Å². The van der Waals surface area contributed by atoms with Gasteiger partial charge in [0.05, 0.1) is 5.71 Å². The molecule has 0 saturated heterocycles. The van der Waals surface area contributed by atoms with Crippen LogP contribution in [-0.2, 0) is 4.79 Å². The number of benzene rings is 3. The van der Waals surface area contributed by atoms with Crippen molar-refractivity contribution in [3.8, 4) is 0 Å². The van der Waals surface area contributed by atoms with E-state index in [-0.39, 0.29) is 0 Å². The minimum atomic E-state index is -5.19. The molecule has 0 aromatic heterocycles. The highest BCUT2D eigenvalue weighted by molar-refractivity contribution is 6.30. The molecule has 0 atom stereocenters. The smallest absolute Gasteiger partial charge is 0.430 e. The molecule has 9 heteroatoms. The zero-order valence-corrected chi connectivity index (χ0v) is 26.9. The molecule has 0 heterocycles. The fraction of sp³-hybridized carbons (Fsp3) is 0.135. The van der Waals surface area contributed by atoms with Crippen molar-refractivity contribution in [2.75, 3.05) is 25.5 Å². The van der Waals surface area contributed by atoms with Gasteiger partial charge in [-0.25, -0.2) is 0 Å². The maximum atomic E-state index is 10.5. The van der Waals surface area contributed by atoms with Gasteiger partial charge in [0.15, 0.2) is 0 Å². The molecule has 0 fully saturated rings. The van der Waals surface area contributed by atoms with Crippen LogP contribution in [0.15, 0.2) is 138 Å². The lowest BCUT2D eigenvalue weighted by molar-refractivity contribution is -0.344. The third-order valence-electron chi connectivity index (χ3n) is 6.50. The summed E-state index contributed by atoms with van der Waals surface area (Å²) in [5.74, 6) is -3.01. The first-order valence-corrected chi connectivity index (χ1v) is 14.9. The van der Waals surface area contributed by atoms with Crippen molar-refractivity contribution < 1.29 is 23.1 Å². The van der Waals surface area contributed by atoms with Crippen molar-refractivity contribution in [1.29, 1.82) is 0 Å². The minimum Gasteiger partial charge on any atom is -0.542 e. The molecule has 0 bridgehead atoms. The topological polar surface area (TPSA) is 55.7 Å². The molecule has 3 aromatic rings. The van der Waals surface area contributed by atoms with E-state index in [2.05, 4.69) is 101 Å². The molecule has 3 aromatic carbocycles. The summed E-state index contributed by atoms with van der Waals surface area (Å²) in [6.07, 6.45) is 13.6. The van der Waals surface area contributed by atoms with E-state index in [0.29, 0.717) is 0 Å². The molecular formula is C37H32Cl2F3N2O2-. The second-order valence-electron chi connectivity index (χ2n) is 10.00. The van der Waals surface area contributed by atoms with Crippen LogP contribution >= 0.6 is 23.2 Å². The number of aliphatic carboxylic acids is 1. The molecular weight excluding hydrogens is 632 g/mol. The number of anilines is 1. The Morgan fingerprint density at radius 1 is 0.783 bits per heavy atom. The van der Waals surface area contributed by atoms with Gasteiger partial charge in [-0.05, 0) is 88.9 Å². The number of carbonyl (C=O) groups is 1. The molecule has 4 nitrogen and oxygen atoms in total. The average Bonchev–Trinajstić information content (AvgIpc) is 3.03. The van der Waals surface area contributed by atoms with Crippen LogP contribution in [0, 0.1) is 0 Å². The van der Waals surface area contributed by atoms with Gasteiger partial charge in [-0.3, -0.25) is 4.99 Å². The predicted octanol–water partition coefficient (Wildman–Crippen LogP) is 8.94. The Hall–Kier alpha value is -4.59. The third-order valence-corrected chi connectivity index (χ3v) is 7.01. The van der Waals surface area contributed by atoms with Gasteiger partial charge in [0.2, 0.25) is 0 Å². The Kier molecular flexibility index (Phi) is 13.4. The van der Waals surface area contributed by atoms with Crippen LogP contribution in [0.3, 0.4) is 0 Å². The number of nitrogens with zero attached hydrogens (tertiary/aromatic N) is 2. The van der Waals surface area contributed by atoms with E-state index in [1.54, 1.807) is 0 Å². The maximum Gasteiger partial charge on any atom is 0.430 e. The molecule has 0 radical (unpaired) electrons. The van der Waals surface area contributed by atoms with E-state index in [0.717, 1.165) is 61.4 Å². The molecule has 1 aliphatic carbocycles. The van der Waals surface area contributed by atoms with Crippen molar-refractivity contribution in [2.45, 2.75) is 13.1 Å². The molecule has 0 spiro atoms. The summed E-state index contributed by atoms with van der Waals surface area (Å²) in [7, 11) is 4.09. The normalized spacial score (nSPS) is 13.2. The molecule has 0 N–H and O–H groups in total. The van der Waals surface area contributed by atoms with Crippen molar-refractivity contribution in [2.24, 2.45) is 4.99 Å². The van der Waals surface area contributed by atoms with Gasteiger partial charge in [0.25, 0.3) is 0 Å². The van der Waals surface area contributed by atoms with Crippen molar-refractivity contribution >= 4 is 51.7 Å². The van der Waals surface area contributed by atoms with Gasteiger partial charge >= 0.3 is 6.18 Å². The number of aliphatic imine (C=N–C) groups is 1. The van der Waals surface area contributed by atoms with Crippen LogP contribution < -0.4 is 10.0 Å². The molecule has 46 heavy (non-hydrogen) atoms. The van der Waals surface area contributed by atoms with E-state index < -0.39 is 12.1 Å². The first-order chi connectivity index (χ1) is 21.9. The first kappa shape index (κ1) is 35.9. The Morgan fingerprint density at radius 2 is 1.26 bits per heavy atom. The predicted molar refractivity (Wildman–Crippen MR) is 183 cm³/mol. The number of hydrogen-bond donors (Lipinski definition) is 0. The lowest BCUT2D eigenvalue weighted by Gasteiger charge is -2.14. The monoisotopic (exact) mass is 663 g/mol. The van der Waals surface area contributed by atoms with Crippen LogP contribution in [0.1, 0.15) is 23.6 Å². The Labute approximate surface area is 277 Å². The molecule has 0 unspecified atom stereocenters. The third kappa shape index (κ3) is 11.1.